The molecule has 0 amide bonds. The van der Waals surface area contributed by atoms with E-state index in [-0.39, 0.29) is 12.1 Å². The fraction of sp³-hybridized carbons (Fsp3) is 0.125. The van der Waals surface area contributed by atoms with Crippen molar-refractivity contribution in [2.75, 3.05) is 11.4 Å². The quantitative estimate of drug-likeness (QED) is 0.426. The molecule has 1 aromatic carbocycles. The number of nitrogens with one attached hydrogen (secondary N) is 1. The van der Waals surface area contributed by atoms with Gasteiger partial charge in [0.2, 0.25) is 0 Å². The zero-order chi connectivity index (χ0) is 22.9. The van der Waals surface area contributed by atoms with Gasteiger partial charge in [-0.25, -0.2) is 14.5 Å². The third-order valence-electron chi connectivity index (χ3n) is 5.51. The van der Waals surface area contributed by atoms with Gasteiger partial charge in [0.25, 0.3) is 5.56 Å². The lowest BCUT2D eigenvalue weighted by Gasteiger charge is -2.24. The average molecular weight is 434 g/mol. The lowest BCUT2D eigenvalue weighted by atomic mass is 10.2. The molecule has 4 heterocycles. The second kappa shape index (κ2) is 7.98. The Hall–Kier alpha value is -4.89. The Morgan fingerprint density at radius 3 is 2.73 bits per heavy atom. The number of aromatic amines is 1. The first kappa shape index (κ1) is 20.0. The van der Waals surface area contributed by atoms with Crippen LogP contribution in [0.25, 0.3) is 22.2 Å². The normalized spacial score (nSPS) is 10.9. The Labute approximate surface area is 188 Å². The van der Waals surface area contributed by atoms with E-state index in [1.165, 1.54) is 10.8 Å². The second-order valence-corrected chi connectivity index (χ2v) is 7.31. The topological polar surface area (TPSA) is 108 Å². The van der Waals surface area contributed by atoms with E-state index in [1.54, 1.807) is 23.0 Å². The summed E-state index contributed by atoms with van der Waals surface area (Å²) >= 11 is 0. The summed E-state index contributed by atoms with van der Waals surface area (Å²) in [7, 11) is 0. The highest BCUT2D eigenvalue weighted by Crippen LogP contribution is 2.27. The number of hydrogen-bond acceptors (Lipinski definition) is 6. The summed E-state index contributed by atoms with van der Waals surface area (Å²) in [6.45, 7) is 2.80. The van der Waals surface area contributed by atoms with Gasteiger partial charge in [-0.2, -0.15) is 10.4 Å². The molecule has 0 radical (unpaired) electrons. The van der Waals surface area contributed by atoms with Crippen molar-refractivity contribution in [3.63, 3.8) is 0 Å². The fourth-order valence-corrected chi connectivity index (χ4v) is 3.95. The zero-order valence-corrected chi connectivity index (χ0v) is 17.7. The SMILES string of the molecule is C#Cc1ccn2nc(CN(CC)c3ncnc4[nH]cc(C#N)c34)n(-c3ccccc3)c(=O)c12. The zero-order valence-electron chi connectivity index (χ0n) is 17.7. The van der Waals surface area contributed by atoms with Crippen LogP contribution in [0.15, 0.2) is 59.9 Å². The highest BCUT2D eigenvalue weighted by molar-refractivity contribution is 5.92. The molecule has 0 atom stereocenters. The first-order valence-electron chi connectivity index (χ1n) is 10.3. The van der Waals surface area contributed by atoms with Crippen LogP contribution in [0.3, 0.4) is 0 Å². The number of terminal acetylenes is 1. The Bertz CT molecular complexity index is 1630. The van der Waals surface area contributed by atoms with Crippen molar-refractivity contribution < 1.29 is 0 Å². The third-order valence-corrected chi connectivity index (χ3v) is 5.51. The lowest BCUT2D eigenvalue weighted by molar-refractivity contribution is 0.685. The van der Waals surface area contributed by atoms with Gasteiger partial charge in [0.15, 0.2) is 5.82 Å². The van der Waals surface area contributed by atoms with Crippen LogP contribution in [0, 0.1) is 23.7 Å². The molecule has 0 saturated carbocycles. The lowest BCUT2D eigenvalue weighted by Crippen LogP contribution is -2.32. The average Bonchev–Trinajstić information content (AvgIpc) is 3.47. The first-order valence-corrected chi connectivity index (χ1v) is 10.3. The minimum absolute atomic E-state index is 0.257. The predicted molar refractivity (Wildman–Crippen MR) is 124 cm³/mol. The summed E-state index contributed by atoms with van der Waals surface area (Å²) in [4.78, 5) is 27.2. The maximum absolute atomic E-state index is 13.6. The number of aromatic nitrogens is 6. The molecule has 0 spiro atoms. The molecule has 5 rings (SSSR count). The van der Waals surface area contributed by atoms with Crippen molar-refractivity contribution in [3.8, 4) is 24.1 Å². The Kier molecular flexibility index (Phi) is 4.85. The minimum Gasteiger partial charge on any atom is -0.349 e. The summed E-state index contributed by atoms with van der Waals surface area (Å²) in [5.41, 5.74) is 2.27. The van der Waals surface area contributed by atoms with Gasteiger partial charge < -0.3 is 9.88 Å². The number of nitriles is 1. The molecule has 0 fully saturated rings. The van der Waals surface area contributed by atoms with E-state index in [0.29, 0.717) is 51.6 Å². The summed E-state index contributed by atoms with van der Waals surface area (Å²) in [5.74, 6) is 3.65. The third kappa shape index (κ3) is 3.20. The summed E-state index contributed by atoms with van der Waals surface area (Å²) in [6.07, 6.45) is 10.4. The molecule has 9 nitrogen and oxygen atoms in total. The van der Waals surface area contributed by atoms with Gasteiger partial charge in [0, 0.05) is 18.9 Å². The molecule has 33 heavy (non-hydrogen) atoms. The second-order valence-electron chi connectivity index (χ2n) is 7.31. The van der Waals surface area contributed by atoms with Crippen molar-refractivity contribution in [1.82, 2.24) is 29.1 Å². The molecule has 1 N–H and O–H groups in total. The van der Waals surface area contributed by atoms with Crippen LogP contribution in [-0.4, -0.2) is 35.7 Å². The van der Waals surface area contributed by atoms with Gasteiger partial charge in [-0.3, -0.25) is 9.36 Å². The van der Waals surface area contributed by atoms with E-state index >= 15 is 0 Å². The number of anilines is 1. The van der Waals surface area contributed by atoms with Crippen molar-refractivity contribution in [2.24, 2.45) is 0 Å². The Morgan fingerprint density at radius 2 is 2.00 bits per heavy atom. The van der Waals surface area contributed by atoms with Crippen LogP contribution in [0.5, 0.6) is 0 Å². The highest BCUT2D eigenvalue weighted by atomic mass is 16.1. The van der Waals surface area contributed by atoms with E-state index in [9.17, 15) is 10.1 Å². The van der Waals surface area contributed by atoms with Crippen molar-refractivity contribution in [2.45, 2.75) is 13.5 Å². The van der Waals surface area contributed by atoms with E-state index in [1.807, 2.05) is 42.2 Å². The van der Waals surface area contributed by atoms with Gasteiger partial charge in [-0.15, -0.1) is 6.42 Å². The molecule has 0 aliphatic rings. The van der Waals surface area contributed by atoms with Crippen LogP contribution in [0.2, 0.25) is 0 Å². The van der Waals surface area contributed by atoms with Gasteiger partial charge in [0.1, 0.15) is 29.4 Å². The molecular weight excluding hydrogens is 416 g/mol. The maximum atomic E-state index is 13.6. The molecule has 4 aromatic heterocycles. The standard InChI is InChI=1S/C24H18N8O/c1-3-16-10-11-31-21(16)24(33)32(18-8-6-5-7-9-18)19(29-31)14-30(4-2)23-20-17(12-25)13-26-22(20)27-15-28-23/h1,5-11,13,15H,4,14H2,2H3,(H,26,27,28). The molecule has 0 bridgehead atoms. The van der Waals surface area contributed by atoms with E-state index in [2.05, 4.69) is 26.9 Å². The van der Waals surface area contributed by atoms with E-state index in [0.717, 1.165) is 0 Å². The number of para-hydroxylation sites is 1. The molecule has 0 unspecified atom stereocenters. The molecule has 160 valence electrons. The van der Waals surface area contributed by atoms with Crippen molar-refractivity contribution >= 4 is 22.4 Å². The number of benzene rings is 1. The smallest absolute Gasteiger partial charge is 0.283 e. The molecule has 0 saturated heterocycles. The molecule has 9 heteroatoms. The molecule has 0 aliphatic heterocycles. The van der Waals surface area contributed by atoms with Crippen LogP contribution in [0.4, 0.5) is 5.82 Å². The summed E-state index contributed by atoms with van der Waals surface area (Å²) in [5, 5.41) is 14.9. The Morgan fingerprint density at radius 1 is 1.18 bits per heavy atom. The number of nitrogens with zero attached hydrogens (tertiary/aromatic N) is 7. The van der Waals surface area contributed by atoms with E-state index in [4.69, 9.17) is 11.5 Å². The fourth-order valence-electron chi connectivity index (χ4n) is 3.95. The van der Waals surface area contributed by atoms with Crippen LogP contribution >= 0.6 is 0 Å². The van der Waals surface area contributed by atoms with Crippen LogP contribution in [0.1, 0.15) is 23.9 Å². The number of hydrogen-bond donors (Lipinski definition) is 1. The number of fused-ring (bicyclic) bond motifs is 2. The summed E-state index contributed by atoms with van der Waals surface area (Å²) < 4.78 is 3.09. The van der Waals surface area contributed by atoms with Crippen LogP contribution < -0.4 is 10.5 Å². The monoisotopic (exact) mass is 434 g/mol. The molecule has 0 aliphatic carbocycles. The Balaban J connectivity index is 1.72. The van der Waals surface area contributed by atoms with Gasteiger partial charge in [0.05, 0.1) is 28.7 Å². The predicted octanol–water partition coefficient (Wildman–Crippen LogP) is 2.64. The van der Waals surface area contributed by atoms with Gasteiger partial charge >= 0.3 is 0 Å². The number of H-pyrrole nitrogens is 1. The van der Waals surface area contributed by atoms with Crippen LogP contribution in [-0.2, 0) is 6.54 Å². The van der Waals surface area contributed by atoms with Crippen molar-refractivity contribution in [1.29, 1.82) is 5.26 Å². The van der Waals surface area contributed by atoms with Gasteiger partial charge in [-0.05, 0) is 25.1 Å². The minimum atomic E-state index is -0.257. The first-order chi connectivity index (χ1) is 16.2. The largest absolute Gasteiger partial charge is 0.349 e. The maximum Gasteiger partial charge on any atom is 0.283 e. The van der Waals surface area contributed by atoms with Gasteiger partial charge in [-0.1, -0.05) is 24.1 Å². The molecular formula is C24H18N8O. The molecule has 5 aromatic rings. The summed E-state index contributed by atoms with van der Waals surface area (Å²) in [6, 6.07) is 13.2. The van der Waals surface area contributed by atoms with Crippen molar-refractivity contribution in [3.05, 3.63) is 82.4 Å². The highest BCUT2D eigenvalue weighted by Gasteiger charge is 2.21. The number of rotatable bonds is 5. The van der Waals surface area contributed by atoms with E-state index < -0.39 is 0 Å².